The van der Waals surface area contributed by atoms with Gasteiger partial charge in [-0.05, 0) is 43.5 Å². The predicted molar refractivity (Wildman–Crippen MR) is 111 cm³/mol. The Kier molecular flexibility index (Phi) is 5.65. The number of hydrogen-bond acceptors (Lipinski definition) is 3. The Bertz CT molecular complexity index is 1000. The molecule has 1 aromatic heterocycles. The number of carbonyl (C=O) groups is 1. The first-order chi connectivity index (χ1) is 14.1. The largest absolute Gasteiger partial charge is 0.342 e. The Labute approximate surface area is 170 Å². The molecular formula is C24H24FN3O. The van der Waals surface area contributed by atoms with Crippen LogP contribution in [0.3, 0.4) is 0 Å². The molecule has 2 heterocycles. The lowest BCUT2D eigenvalue weighted by molar-refractivity contribution is -0.131. The minimum absolute atomic E-state index is 0.0716. The average Bonchev–Trinajstić information content (AvgIpc) is 2.75. The van der Waals surface area contributed by atoms with E-state index in [1.54, 1.807) is 24.5 Å². The van der Waals surface area contributed by atoms with E-state index in [1.165, 1.54) is 17.7 Å². The van der Waals surface area contributed by atoms with Gasteiger partial charge in [-0.2, -0.15) is 0 Å². The summed E-state index contributed by atoms with van der Waals surface area (Å²) in [6.45, 7) is 3.45. The number of halogens is 1. The smallest absolute Gasteiger partial charge is 0.227 e. The van der Waals surface area contributed by atoms with Crippen molar-refractivity contribution < 1.29 is 9.18 Å². The Morgan fingerprint density at radius 2 is 1.93 bits per heavy atom. The summed E-state index contributed by atoms with van der Waals surface area (Å²) in [4.78, 5) is 24.0. The summed E-state index contributed by atoms with van der Waals surface area (Å²) in [7, 11) is 0. The lowest BCUT2D eigenvalue weighted by Gasteiger charge is -2.33. The standard InChI is InChI=1S/C24H24FN3O/c1-17-4-2-5-19(14-17)23-24(27-12-11-26-23)20-6-3-13-28(16-20)22(29)15-18-7-9-21(25)10-8-18/h2,4-5,7-12,14,20H,3,6,13,15-16H2,1H3/t20-/m1/s1. The van der Waals surface area contributed by atoms with Gasteiger partial charge >= 0.3 is 0 Å². The highest BCUT2D eigenvalue weighted by atomic mass is 19.1. The van der Waals surface area contributed by atoms with Gasteiger partial charge in [0, 0.05) is 37.0 Å². The summed E-state index contributed by atoms with van der Waals surface area (Å²) in [6, 6.07) is 14.4. The average molecular weight is 389 g/mol. The maximum absolute atomic E-state index is 13.1. The lowest BCUT2D eigenvalue weighted by Crippen LogP contribution is -2.40. The molecule has 1 aliphatic rings. The van der Waals surface area contributed by atoms with Crippen molar-refractivity contribution in [3.63, 3.8) is 0 Å². The monoisotopic (exact) mass is 389 g/mol. The molecule has 1 fully saturated rings. The van der Waals surface area contributed by atoms with Gasteiger partial charge in [-0.1, -0.05) is 35.9 Å². The molecule has 0 aliphatic carbocycles. The van der Waals surface area contributed by atoms with E-state index in [4.69, 9.17) is 0 Å². The van der Waals surface area contributed by atoms with Crippen LogP contribution in [0.2, 0.25) is 0 Å². The van der Waals surface area contributed by atoms with Gasteiger partial charge in [0.25, 0.3) is 0 Å². The van der Waals surface area contributed by atoms with E-state index in [9.17, 15) is 9.18 Å². The van der Waals surface area contributed by atoms with Gasteiger partial charge < -0.3 is 4.90 Å². The maximum atomic E-state index is 13.1. The number of piperidine rings is 1. The minimum atomic E-state index is -0.287. The predicted octanol–water partition coefficient (Wildman–Crippen LogP) is 4.54. The van der Waals surface area contributed by atoms with E-state index in [2.05, 4.69) is 35.1 Å². The molecule has 1 amide bonds. The zero-order chi connectivity index (χ0) is 20.2. The van der Waals surface area contributed by atoms with E-state index in [0.29, 0.717) is 6.54 Å². The maximum Gasteiger partial charge on any atom is 0.227 e. The molecule has 0 saturated carbocycles. The molecule has 0 bridgehead atoms. The van der Waals surface area contributed by atoms with Crippen LogP contribution in [0, 0.1) is 12.7 Å². The number of hydrogen-bond donors (Lipinski definition) is 0. The lowest BCUT2D eigenvalue weighted by atomic mass is 9.91. The Hall–Kier alpha value is -3.08. The van der Waals surface area contributed by atoms with Gasteiger partial charge in [0.2, 0.25) is 5.91 Å². The van der Waals surface area contributed by atoms with E-state index >= 15 is 0 Å². The van der Waals surface area contributed by atoms with Crippen LogP contribution in [0.5, 0.6) is 0 Å². The van der Waals surface area contributed by atoms with Crippen LogP contribution in [0.25, 0.3) is 11.3 Å². The number of aryl methyl sites for hydroxylation is 1. The molecule has 1 saturated heterocycles. The highest BCUT2D eigenvalue weighted by Gasteiger charge is 2.28. The van der Waals surface area contributed by atoms with E-state index in [0.717, 1.165) is 41.9 Å². The number of carbonyl (C=O) groups excluding carboxylic acids is 1. The van der Waals surface area contributed by atoms with Gasteiger partial charge in [-0.3, -0.25) is 14.8 Å². The van der Waals surface area contributed by atoms with Crippen molar-refractivity contribution in [3.8, 4) is 11.3 Å². The van der Waals surface area contributed by atoms with Gasteiger partial charge in [0.1, 0.15) is 5.82 Å². The topological polar surface area (TPSA) is 46.1 Å². The molecule has 1 atom stereocenters. The first-order valence-electron chi connectivity index (χ1n) is 10.0. The summed E-state index contributed by atoms with van der Waals surface area (Å²) in [5, 5.41) is 0. The van der Waals surface area contributed by atoms with Crippen molar-refractivity contribution in [1.29, 1.82) is 0 Å². The van der Waals surface area contributed by atoms with E-state index < -0.39 is 0 Å². The molecule has 0 unspecified atom stereocenters. The third kappa shape index (κ3) is 4.50. The summed E-state index contributed by atoms with van der Waals surface area (Å²) in [5.74, 6) is -0.0574. The van der Waals surface area contributed by atoms with Gasteiger partial charge in [0.15, 0.2) is 0 Å². The van der Waals surface area contributed by atoms with Gasteiger partial charge in [0.05, 0.1) is 17.8 Å². The highest BCUT2D eigenvalue weighted by molar-refractivity contribution is 5.79. The molecule has 0 spiro atoms. The van der Waals surface area contributed by atoms with Crippen LogP contribution in [0.1, 0.15) is 35.6 Å². The fraction of sp³-hybridized carbons (Fsp3) is 0.292. The van der Waals surface area contributed by atoms with Crippen LogP contribution in [-0.2, 0) is 11.2 Å². The minimum Gasteiger partial charge on any atom is -0.342 e. The quantitative estimate of drug-likeness (QED) is 0.658. The second-order valence-corrected chi connectivity index (χ2v) is 7.64. The van der Waals surface area contributed by atoms with Crippen molar-refractivity contribution in [2.24, 2.45) is 0 Å². The Morgan fingerprint density at radius 1 is 1.14 bits per heavy atom. The number of nitrogens with zero attached hydrogens (tertiary/aromatic N) is 3. The number of aromatic nitrogens is 2. The van der Waals surface area contributed by atoms with Crippen molar-refractivity contribution >= 4 is 5.91 Å². The molecule has 0 radical (unpaired) electrons. The summed E-state index contributed by atoms with van der Waals surface area (Å²) >= 11 is 0. The highest BCUT2D eigenvalue weighted by Crippen LogP contribution is 2.32. The van der Waals surface area contributed by atoms with Crippen LogP contribution in [0.15, 0.2) is 60.9 Å². The Morgan fingerprint density at radius 3 is 2.72 bits per heavy atom. The summed E-state index contributed by atoms with van der Waals surface area (Å²) in [6.07, 6.45) is 5.66. The van der Waals surface area contributed by atoms with E-state index in [-0.39, 0.29) is 24.1 Å². The molecule has 2 aromatic carbocycles. The molecule has 148 valence electrons. The molecule has 4 rings (SSSR count). The van der Waals surface area contributed by atoms with Crippen molar-refractivity contribution in [2.45, 2.75) is 32.1 Å². The van der Waals surface area contributed by atoms with Crippen molar-refractivity contribution in [3.05, 3.63) is 83.6 Å². The fourth-order valence-electron chi connectivity index (χ4n) is 3.98. The second kappa shape index (κ2) is 8.52. The van der Waals surface area contributed by atoms with Crippen LogP contribution in [0.4, 0.5) is 4.39 Å². The molecule has 4 nitrogen and oxygen atoms in total. The zero-order valence-electron chi connectivity index (χ0n) is 16.5. The molecular weight excluding hydrogens is 365 g/mol. The van der Waals surface area contributed by atoms with Crippen LogP contribution < -0.4 is 0 Å². The van der Waals surface area contributed by atoms with Crippen LogP contribution in [-0.4, -0.2) is 33.9 Å². The molecule has 29 heavy (non-hydrogen) atoms. The second-order valence-electron chi connectivity index (χ2n) is 7.64. The number of amides is 1. The molecule has 0 N–H and O–H groups in total. The third-order valence-corrected chi connectivity index (χ3v) is 5.45. The number of rotatable bonds is 4. The number of benzene rings is 2. The van der Waals surface area contributed by atoms with Gasteiger partial charge in [-0.25, -0.2) is 4.39 Å². The third-order valence-electron chi connectivity index (χ3n) is 5.45. The SMILES string of the molecule is Cc1cccc(-c2nccnc2[C@@H]2CCCN(C(=O)Cc3ccc(F)cc3)C2)c1. The normalized spacial score (nSPS) is 16.6. The first-order valence-corrected chi connectivity index (χ1v) is 10.0. The van der Waals surface area contributed by atoms with Crippen molar-refractivity contribution in [1.82, 2.24) is 14.9 Å². The summed E-state index contributed by atoms with van der Waals surface area (Å²) < 4.78 is 13.1. The summed E-state index contributed by atoms with van der Waals surface area (Å²) in [5.41, 5.74) is 4.92. The van der Waals surface area contributed by atoms with Gasteiger partial charge in [-0.15, -0.1) is 0 Å². The molecule has 1 aliphatic heterocycles. The first kappa shape index (κ1) is 19.2. The molecule has 3 aromatic rings. The van der Waals surface area contributed by atoms with Crippen LogP contribution >= 0.6 is 0 Å². The van der Waals surface area contributed by atoms with E-state index in [1.807, 2.05) is 11.0 Å². The fourth-order valence-corrected chi connectivity index (χ4v) is 3.98. The zero-order valence-corrected chi connectivity index (χ0v) is 16.5. The van der Waals surface area contributed by atoms with Crippen molar-refractivity contribution in [2.75, 3.05) is 13.1 Å². The molecule has 5 heteroatoms. The Balaban J connectivity index is 1.53. The number of likely N-dealkylation sites (tertiary alicyclic amines) is 1.